The predicted octanol–water partition coefficient (Wildman–Crippen LogP) is 4.06. The molecule has 1 saturated carbocycles. The molecule has 0 bridgehead atoms. The molecule has 0 saturated heterocycles. The highest BCUT2D eigenvalue weighted by Gasteiger charge is 2.29. The number of aryl methyl sites for hydroxylation is 1. The third-order valence-electron chi connectivity index (χ3n) is 3.20. The Kier molecular flexibility index (Phi) is 2.89. The topological polar surface area (TPSA) is 36.7 Å². The van der Waals surface area contributed by atoms with Crippen LogP contribution >= 0.6 is 11.3 Å². The maximum atomic E-state index is 8.90. The second-order valence-electron chi connectivity index (χ2n) is 4.81. The number of rotatable bonds is 3. The lowest BCUT2D eigenvalue weighted by molar-refractivity contribution is 1.02. The van der Waals surface area contributed by atoms with Gasteiger partial charge in [-0.2, -0.15) is 5.26 Å². The van der Waals surface area contributed by atoms with Gasteiger partial charge >= 0.3 is 0 Å². The third-order valence-corrected chi connectivity index (χ3v) is 4.32. The molecule has 1 aromatic carbocycles. The van der Waals surface area contributed by atoms with E-state index < -0.39 is 0 Å². The highest BCUT2D eigenvalue weighted by atomic mass is 32.1. The molecule has 0 radical (unpaired) electrons. The van der Waals surface area contributed by atoms with Crippen LogP contribution in [0, 0.1) is 18.3 Å². The van der Waals surface area contributed by atoms with Gasteiger partial charge in [-0.25, -0.2) is 4.98 Å². The highest BCUT2D eigenvalue weighted by molar-refractivity contribution is 7.15. The molecule has 0 amide bonds. The van der Waals surface area contributed by atoms with Gasteiger partial charge in [0.1, 0.15) is 5.01 Å². The van der Waals surface area contributed by atoms with E-state index in [4.69, 9.17) is 10.2 Å². The first-order chi connectivity index (χ1) is 8.78. The predicted molar refractivity (Wildman–Crippen MR) is 73.6 cm³/mol. The number of nitrogens with zero attached hydrogens (tertiary/aromatic N) is 2. The molecule has 1 fully saturated rings. The smallest absolute Gasteiger partial charge is 0.123 e. The quantitative estimate of drug-likeness (QED) is 0.828. The summed E-state index contributed by atoms with van der Waals surface area (Å²) in [5, 5.41) is 9.96. The fourth-order valence-electron chi connectivity index (χ4n) is 2.14. The summed E-state index contributed by atoms with van der Waals surface area (Å²) in [6, 6.07) is 10.7. The van der Waals surface area contributed by atoms with Crippen molar-refractivity contribution < 1.29 is 0 Å². The van der Waals surface area contributed by atoms with Crippen molar-refractivity contribution in [3.8, 4) is 16.6 Å². The third kappa shape index (κ3) is 2.16. The Labute approximate surface area is 111 Å². The van der Waals surface area contributed by atoms with E-state index in [-0.39, 0.29) is 0 Å². The van der Waals surface area contributed by atoms with Crippen LogP contribution in [0.3, 0.4) is 0 Å². The summed E-state index contributed by atoms with van der Waals surface area (Å²) in [5.74, 6) is 0.614. The molecule has 0 aliphatic heterocycles. The van der Waals surface area contributed by atoms with Crippen molar-refractivity contribution in [1.82, 2.24) is 4.98 Å². The zero-order valence-corrected chi connectivity index (χ0v) is 11.1. The van der Waals surface area contributed by atoms with Gasteiger partial charge in [0.15, 0.2) is 0 Å². The van der Waals surface area contributed by atoms with Crippen LogP contribution in [0.1, 0.15) is 34.9 Å². The monoisotopic (exact) mass is 254 g/mol. The molecule has 3 heteroatoms. The number of hydrogen-bond acceptors (Lipinski definition) is 3. The molecule has 1 aromatic heterocycles. The van der Waals surface area contributed by atoms with E-state index in [1.165, 1.54) is 29.7 Å². The Morgan fingerprint density at radius 3 is 2.94 bits per heavy atom. The van der Waals surface area contributed by atoms with Gasteiger partial charge in [-0.05, 0) is 25.8 Å². The average Bonchev–Trinajstić information content (AvgIpc) is 3.12. The van der Waals surface area contributed by atoms with Crippen molar-refractivity contribution in [2.24, 2.45) is 0 Å². The van der Waals surface area contributed by atoms with E-state index in [0.29, 0.717) is 12.3 Å². The lowest BCUT2D eigenvalue weighted by Crippen LogP contribution is -1.86. The second kappa shape index (κ2) is 4.55. The highest BCUT2D eigenvalue weighted by Crippen LogP contribution is 2.44. The van der Waals surface area contributed by atoms with Gasteiger partial charge in [0.05, 0.1) is 18.2 Å². The van der Waals surface area contributed by atoms with Gasteiger partial charge in [-0.3, -0.25) is 0 Å². The van der Waals surface area contributed by atoms with Gasteiger partial charge < -0.3 is 0 Å². The lowest BCUT2D eigenvalue weighted by Gasteiger charge is -1.97. The first kappa shape index (κ1) is 11.4. The number of hydrogen-bond donors (Lipinski definition) is 0. The summed E-state index contributed by atoms with van der Waals surface area (Å²) >= 11 is 1.68. The second-order valence-corrected chi connectivity index (χ2v) is 5.89. The van der Waals surface area contributed by atoms with Crippen LogP contribution in [0.4, 0.5) is 0 Å². The average molecular weight is 254 g/mol. The van der Waals surface area contributed by atoms with E-state index in [0.717, 1.165) is 9.88 Å². The van der Waals surface area contributed by atoms with E-state index in [1.807, 2.05) is 0 Å². The SMILES string of the molecule is Cc1cccc(-c2nc(C3CC3)c(CC#N)s2)c1. The van der Waals surface area contributed by atoms with Crippen LogP contribution in [0.25, 0.3) is 10.6 Å². The summed E-state index contributed by atoms with van der Waals surface area (Å²) in [6.45, 7) is 2.09. The Hall–Kier alpha value is -1.66. The van der Waals surface area contributed by atoms with E-state index in [9.17, 15) is 0 Å². The summed E-state index contributed by atoms with van der Waals surface area (Å²) in [4.78, 5) is 5.93. The minimum Gasteiger partial charge on any atom is -0.240 e. The molecule has 1 aliphatic carbocycles. The van der Waals surface area contributed by atoms with E-state index >= 15 is 0 Å². The molecule has 1 heterocycles. The first-order valence-electron chi connectivity index (χ1n) is 6.21. The normalized spacial score (nSPS) is 14.4. The first-order valence-corrected chi connectivity index (χ1v) is 7.03. The van der Waals surface area contributed by atoms with Crippen molar-refractivity contribution >= 4 is 11.3 Å². The number of aromatic nitrogens is 1. The van der Waals surface area contributed by atoms with Crippen molar-refractivity contribution in [3.05, 3.63) is 40.4 Å². The van der Waals surface area contributed by atoms with E-state index in [2.05, 4.69) is 37.3 Å². The molecular weight excluding hydrogens is 240 g/mol. The van der Waals surface area contributed by atoms with Crippen LogP contribution < -0.4 is 0 Å². The maximum Gasteiger partial charge on any atom is 0.123 e. The van der Waals surface area contributed by atoms with Crippen molar-refractivity contribution in [1.29, 1.82) is 5.26 Å². The number of benzene rings is 1. The Bertz CT molecular complexity index is 618. The largest absolute Gasteiger partial charge is 0.240 e. The summed E-state index contributed by atoms with van der Waals surface area (Å²) in [6.07, 6.45) is 2.96. The summed E-state index contributed by atoms with van der Waals surface area (Å²) in [7, 11) is 0. The molecule has 2 aromatic rings. The van der Waals surface area contributed by atoms with Gasteiger partial charge in [-0.1, -0.05) is 23.8 Å². The maximum absolute atomic E-state index is 8.90. The Morgan fingerprint density at radius 1 is 1.44 bits per heavy atom. The van der Waals surface area contributed by atoms with Crippen molar-refractivity contribution in [2.45, 2.75) is 32.1 Å². The van der Waals surface area contributed by atoms with Gasteiger partial charge in [-0.15, -0.1) is 11.3 Å². The van der Waals surface area contributed by atoms with Gasteiger partial charge in [0, 0.05) is 16.4 Å². The molecule has 18 heavy (non-hydrogen) atoms. The number of thiazole rings is 1. The Balaban J connectivity index is 2.02. The minimum absolute atomic E-state index is 0.495. The van der Waals surface area contributed by atoms with Crippen LogP contribution in [-0.4, -0.2) is 4.98 Å². The summed E-state index contributed by atoms with van der Waals surface area (Å²) in [5.41, 5.74) is 3.60. The van der Waals surface area contributed by atoms with Gasteiger partial charge in [0.2, 0.25) is 0 Å². The van der Waals surface area contributed by atoms with Crippen molar-refractivity contribution in [2.75, 3.05) is 0 Å². The summed E-state index contributed by atoms with van der Waals surface area (Å²) < 4.78 is 0. The molecule has 0 spiro atoms. The fraction of sp³-hybridized carbons (Fsp3) is 0.333. The standard InChI is InChI=1S/C15H14N2S/c1-10-3-2-4-12(9-10)15-17-14(11-5-6-11)13(18-15)7-8-16/h2-4,9,11H,5-7H2,1H3. The minimum atomic E-state index is 0.495. The van der Waals surface area contributed by atoms with Crippen molar-refractivity contribution in [3.63, 3.8) is 0 Å². The fourth-order valence-corrected chi connectivity index (χ4v) is 3.22. The molecule has 1 aliphatic rings. The van der Waals surface area contributed by atoms with E-state index in [1.54, 1.807) is 11.3 Å². The molecule has 90 valence electrons. The van der Waals surface area contributed by atoms with Crippen LogP contribution in [0.2, 0.25) is 0 Å². The van der Waals surface area contributed by atoms with Gasteiger partial charge in [0.25, 0.3) is 0 Å². The molecular formula is C15H14N2S. The Morgan fingerprint density at radius 2 is 2.28 bits per heavy atom. The zero-order valence-electron chi connectivity index (χ0n) is 10.3. The molecule has 0 unspecified atom stereocenters. The molecule has 0 N–H and O–H groups in total. The van der Waals surface area contributed by atoms with Crippen LogP contribution in [-0.2, 0) is 6.42 Å². The van der Waals surface area contributed by atoms with Crippen LogP contribution in [0.5, 0.6) is 0 Å². The number of nitriles is 1. The lowest BCUT2D eigenvalue weighted by atomic mass is 10.1. The molecule has 2 nitrogen and oxygen atoms in total. The zero-order chi connectivity index (χ0) is 12.5. The molecule has 0 atom stereocenters. The molecule has 3 rings (SSSR count). The van der Waals surface area contributed by atoms with Crippen LogP contribution in [0.15, 0.2) is 24.3 Å².